The van der Waals surface area contributed by atoms with E-state index in [0.717, 1.165) is 0 Å². The number of nitrogens with two attached hydrogens (primary N) is 1. The summed E-state index contributed by atoms with van der Waals surface area (Å²) in [5, 5.41) is 11.6. The number of carbonyl (C=O) groups is 1. The number of halogens is 1. The first-order chi connectivity index (χ1) is 9.27. The van der Waals surface area contributed by atoms with Crippen LogP contribution < -0.4 is 10.5 Å². The van der Waals surface area contributed by atoms with E-state index in [2.05, 4.69) is 10.4 Å². The quantitative estimate of drug-likeness (QED) is 0.880. The molecule has 0 bridgehead atoms. The zero-order chi connectivity index (χ0) is 14.9. The predicted molar refractivity (Wildman–Crippen MR) is 74.0 cm³/mol. The van der Waals surface area contributed by atoms with Gasteiger partial charge in [-0.15, -0.1) is 0 Å². The molecule has 7 nitrogen and oxygen atoms in total. The molecule has 0 spiro atoms. The number of aromatic nitrogens is 2. The SMILES string of the molecule is Cn1ccc(C(=O)Nc2cc(S(N)(=O)=O)ccc2Cl)n1. The molecule has 0 unspecified atom stereocenters. The second kappa shape index (κ2) is 5.23. The molecule has 1 aromatic heterocycles. The van der Waals surface area contributed by atoms with Gasteiger partial charge in [-0.05, 0) is 24.3 Å². The Kier molecular flexibility index (Phi) is 3.80. The van der Waals surface area contributed by atoms with Gasteiger partial charge in [-0.3, -0.25) is 9.48 Å². The zero-order valence-electron chi connectivity index (χ0n) is 10.4. The van der Waals surface area contributed by atoms with Crippen LogP contribution in [-0.2, 0) is 17.1 Å². The Morgan fingerprint density at radius 1 is 1.40 bits per heavy atom. The van der Waals surface area contributed by atoms with Gasteiger partial charge in [-0.25, -0.2) is 13.6 Å². The van der Waals surface area contributed by atoms with Gasteiger partial charge < -0.3 is 5.32 Å². The molecule has 0 atom stereocenters. The number of nitrogens with zero attached hydrogens (tertiary/aromatic N) is 2. The Morgan fingerprint density at radius 2 is 2.10 bits per heavy atom. The summed E-state index contributed by atoms with van der Waals surface area (Å²) in [5.41, 5.74) is 0.332. The van der Waals surface area contributed by atoms with Crippen LogP contribution in [0.5, 0.6) is 0 Å². The van der Waals surface area contributed by atoms with E-state index >= 15 is 0 Å². The van der Waals surface area contributed by atoms with Gasteiger partial charge in [0.05, 0.1) is 15.6 Å². The summed E-state index contributed by atoms with van der Waals surface area (Å²) in [6, 6.07) is 5.31. The standard InChI is InChI=1S/C11H11ClN4O3S/c1-16-5-4-9(15-16)11(17)14-10-6-7(20(13,18)19)2-3-8(10)12/h2-6H,1H3,(H,14,17)(H2,13,18,19). The molecule has 2 aromatic rings. The Hall–Kier alpha value is -1.90. The highest BCUT2D eigenvalue weighted by atomic mass is 35.5. The van der Waals surface area contributed by atoms with E-state index in [0.29, 0.717) is 0 Å². The zero-order valence-corrected chi connectivity index (χ0v) is 11.9. The van der Waals surface area contributed by atoms with Crippen LogP contribution in [0, 0.1) is 0 Å². The van der Waals surface area contributed by atoms with Crippen LogP contribution in [-0.4, -0.2) is 24.1 Å². The summed E-state index contributed by atoms with van der Waals surface area (Å²) in [5.74, 6) is -0.501. The fraction of sp³-hybridized carbons (Fsp3) is 0.0909. The topological polar surface area (TPSA) is 107 Å². The van der Waals surface area contributed by atoms with Crippen molar-refractivity contribution in [1.82, 2.24) is 9.78 Å². The van der Waals surface area contributed by atoms with Crippen molar-refractivity contribution < 1.29 is 13.2 Å². The molecule has 0 fully saturated rings. The third-order valence-corrected chi connectivity index (χ3v) is 3.70. The average molecular weight is 315 g/mol. The third-order valence-electron chi connectivity index (χ3n) is 2.46. The van der Waals surface area contributed by atoms with E-state index in [1.165, 1.54) is 28.9 Å². The highest BCUT2D eigenvalue weighted by Crippen LogP contribution is 2.25. The summed E-state index contributed by atoms with van der Waals surface area (Å²) in [6.45, 7) is 0. The summed E-state index contributed by atoms with van der Waals surface area (Å²) >= 11 is 5.91. The lowest BCUT2D eigenvalue weighted by Crippen LogP contribution is -2.15. The Bertz CT molecular complexity index is 770. The van der Waals surface area contributed by atoms with Gasteiger partial charge in [0.25, 0.3) is 5.91 Å². The van der Waals surface area contributed by atoms with E-state index in [1.807, 2.05) is 0 Å². The molecule has 0 aliphatic heterocycles. The lowest BCUT2D eigenvalue weighted by Gasteiger charge is -2.07. The van der Waals surface area contributed by atoms with Crippen LogP contribution in [0.25, 0.3) is 0 Å². The van der Waals surface area contributed by atoms with Gasteiger partial charge in [-0.1, -0.05) is 11.6 Å². The normalized spacial score (nSPS) is 11.3. The van der Waals surface area contributed by atoms with Crippen molar-refractivity contribution in [3.8, 4) is 0 Å². The van der Waals surface area contributed by atoms with Crippen LogP contribution in [0.15, 0.2) is 35.4 Å². The molecule has 20 heavy (non-hydrogen) atoms. The minimum Gasteiger partial charge on any atom is -0.319 e. The number of anilines is 1. The van der Waals surface area contributed by atoms with E-state index in [-0.39, 0.29) is 21.3 Å². The van der Waals surface area contributed by atoms with Crippen molar-refractivity contribution in [2.24, 2.45) is 12.2 Å². The lowest BCUT2D eigenvalue weighted by molar-refractivity contribution is 0.102. The minimum absolute atomic E-state index is 0.141. The average Bonchev–Trinajstić information content (AvgIpc) is 2.77. The van der Waals surface area contributed by atoms with Gasteiger partial charge >= 0.3 is 0 Å². The number of carbonyl (C=O) groups excluding carboxylic acids is 1. The van der Waals surface area contributed by atoms with Gasteiger partial charge in [0.2, 0.25) is 10.0 Å². The monoisotopic (exact) mass is 314 g/mol. The number of benzene rings is 1. The molecule has 2 rings (SSSR count). The number of rotatable bonds is 3. The lowest BCUT2D eigenvalue weighted by atomic mass is 10.3. The van der Waals surface area contributed by atoms with Crippen LogP contribution in [0.3, 0.4) is 0 Å². The number of sulfonamides is 1. The van der Waals surface area contributed by atoms with Gasteiger partial charge in [-0.2, -0.15) is 5.10 Å². The highest BCUT2D eigenvalue weighted by Gasteiger charge is 2.14. The summed E-state index contributed by atoms with van der Waals surface area (Å²) in [7, 11) is -2.20. The summed E-state index contributed by atoms with van der Waals surface area (Å²) in [6.07, 6.45) is 1.61. The Labute approximate surface area is 120 Å². The predicted octanol–water partition coefficient (Wildman–Crippen LogP) is 0.973. The third kappa shape index (κ3) is 3.16. The Morgan fingerprint density at radius 3 is 2.65 bits per heavy atom. The highest BCUT2D eigenvalue weighted by molar-refractivity contribution is 7.89. The maximum atomic E-state index is 11.9. The van der Waals surface area contributed by atoms with Crippen molar-refractivity contribution in [3.63, 3.8) is 0 Å². The number of primary sulfonamides is 1. The maximum absolute atomic E-state index is 11.9. The fourth-order valence-corrected chi connectivity index (χ4v) is 2.20. The molecule has 0 radical (unpaired) electrons. The fourth-order valence-electron chi connectivity index (χ4n) is 1.50. The van der Waals surface area contributed by atoms with Gasteiger partial charge in [0.15, 0.2) is 5.69 Å². The first-order valence-corrected chi connectivity index (χ1v) is 7.33. The summed E-state index contributed by atoms with van der Waals surface area (Å²) in [4.78, 5) is 11.8. The van der Waals surface area contributed by atoms with Crippen LogP contribution in [0.4, 0.5) is 5.69 Å². The first kappa shape index (κ1) is 14.5. The number of nitrogens with one attached hydrogen (secondary N) is 1. The molecule has 1 heterocycles. The van der Waals surface area contributed by atoms with E-state index in [9.17, 15) is 13.2 Å². The van der Waals surface area contributed by atoms with Crippen LogP contribution in [0.1, 0.15) is 10.5 Å². The van der Waals surface area contributed by atoms with Crippen LogP contribution in [0.2, 0.25) is 5.02 Å². The van der Waals surface area contributed by atoms with E-state index in [4.69, 9.17) is 16.7 Å². The Balaban J connectivity index is 2.31. The molecule has 3 N–H and O–H groups in total. The van der Waals surface area contributed by atoms with Crippen LogP contribution >= 0.6 is 11.6 Å². The number of hydrogen-bond acceptors (Lipinski definition) is 4. The molecule has 0 saturated heterocycles. The maximum Gasteiger partial charge on any atom is 0.276 e. The number of aryl methyl sites for hydroxylation is 1. The minimum atomic E-state index is -3.87. The number of hydrogen-bond donors (Lipinski definition) is 2. The molecule has 1 amide bonds. The molecule has 1 aromatic carbocycles. The van der Waals surface area contributed by atoms with E-state index < -0.39 is 15.9 Å². The molecular weight excluding hydrogens is 304 g/mol. The largest absolute Gasteiger partial charge is 0.319 e. The first-order valence-electron chi connectivity index (χ1n) is 5.41. The van der Waals surface area contributed by atoms with Crippen molar-refractivity contribution in [3.05, 3.63) is 41.2 Å². The molecule has 106 valence electrons. The van der Waals surface area contributed by atoms with Gasteiger partial charge in [0, 0.05) is 13.2 Å². The molecule has 0 aliphatic rings. The van der Waals surface area contributed by atoms with Crippen molar-refractivity contribution in [2.75, 3.05) is 5.32 Å². The molecule has 0 saturated carbocycles. The molecule has 0 aliphatic carbocycles. The van der Waals surface area contributed by atoms with Crippen molar-refractivity contribution in [2.45, 2.75) is 4.90 Å². The van der Waals surface area contributed by atoms with Crippen molar-refractivity contribution >= 4 is 33.2 Å². The second-order valence-electron chi connectivity index (χ2n) is 4.02. The number of amides is 1. The van der Waals surface area contributed by atoms with E-state index in [1.54, 1.807) is 13.2 Å². The van der Waals surface area contributed by atoms with Gasteiger partial charge in [0.1, 0.15) is 0 Å². The van der Waals surface area contributed by atoms with Crippen molar-refractivity contribution in [1.29, 1.82) is 0 Å². The molecule has 9 heteroatoms. The molecular formula is C11H11ClN4O3S. The smallest absolute Gasteiger partial charge is 0.276 e. The second-order valence-corrected chi connectivity index (χ2v) is 5.98. The summed E-state index contributed by atoms with van der Waals surface area (Å²) < 4.78 is 24.0.